The van der Waals surface area contributed by atoms with E-state index in [-0.39, 0.29) is 10.9 Å². The summed E-state index contributed by atoms with van der Waals surface area (Å²) >= 11 is 0. The Morgan fingerprint density at radius 2 is 2.13 bits per heavy atom. The maximum atomic E-state index is 12.9. The number of rotatable bonds is 6. The second-order valence-electron chi connectivity index (χ2n) is 6.75. The summed E-state index contributed by atoms with van der Waals surface area (Å²) in [5.41, 5.74) is 0. The molecule has 2 heterocycles. The van der Waals surface area contributed by atoms with Crippen molar-refractivity contribution in [3.63, 3.8) is 0 Å². The van der Waals surface area contributed by atoms with E-state index in [0.717, 1.165) is 30.8 Å². The van der Waals surface area contributed by atoms with Gasteiger partial charge in [-0.3, -0.25) is 4.68 Å². The molecule has 2 atom stereocenters. The van der Waals surface area contributed by atoms with E-state index in [4.69, 9.17) is 4.42 Å². The molecule has 0 bridgehead atoms. The van der Waals surface area contributed by atoms with Gasteiger partial charge in [-0.05, 0) is 37.3 Å². The Labute approximate surface area is 136 Å². The van der Waals surface area contributed by atoms with Crippen molar-refractivity contribution in [1.82, 2.24) is 14.1 Å². The van der Waals surface area contributed by atoms with E-state index >= 15 is 0 Å². The lowest BCUT2D eigenvalue weighted by Gasteiger charge is -2.19. The van der Waals surface area contributed by atoms with Crippen LogP contribution in [0.1, 0.15) is 43.6 Å². The highest BCUT2D eigenvalue weighted by molar-refractivity contribution is 7.89. The lowest BCUT2D eigenvalue weighted by molar-refractivity contribution is 0.347. The third-order valence-electron chi connectivity index (χ3n) is 4.71. The second kappa shape index (κ2) is 5.21. The van der Waals surface area contributed by atoms with E-state index in [9.17, 15) is 8.42 Å². The van der Waals surface area contributed by atoms with Gasteiger partial charge in [-0.1, -0.05) is 6.92 Å². The van der Waals surface area contributed by atoms with Crippen molar-refractivity contribution < 1.29 is 12.8 Å². The summed E-state index contributed by atoms with van der Waals surface area (Å²) in [6, 6.07) is 3.98. The summed E-state index contributed by atoms with van der Waals surface area (Å²) in [6.07, 6.45) is 5.93. The minimum Gasteiger partial charge on any atom is -0.464 e. The molecule has 0 aromatic carbocycles. The molecule has 2 saturated carbocycles. The molecule has 0 N–H and O–H groups in total. The Kier molecular flexibility index (Phi) is 3.39. The van der Waals surface area contributed by atoms with Gasteiger partial charge >= 0.3 is 0 Å². The van der Waals surface area contributed by atoms with Gasteiger partial charge in [0.1, 0.15) is 16.4 Å². The molecule has 7 heteroatoms. The topological polar surface area (TPSA) is 68.3 Å². The van der Waals surface area contributed by atoms with E-state index in [1.54, 1.807) is 17.5 Å². The summed E-state index contributed by atoms with van der Waals surface area (Å²) in [6.45, 7) is 2.50. The van der Waals surface area contributed by atoms with Crippen molar-refractivity contribution in [3.8, 4) is 0 Å². The Morgan fingerprint density at radius 1 is 1.39 bits per heavy atom. The SMILES string of the molecule is C[C@H]1C[C@@H]1c1ccc(CN(C2CC2)S(=O)(=O)c2cnn(C)c2)o1. The van der Waals surface area contributed by atoms with Crippen LogP contribution < -0.4 is 0 Å². The third-order valence-corrected chi connectivity index (χ3v) is 6.56. The fourth-order valence-corrected chi connectivity index (χ4v) is 4.63. The maximum Gasteiger partial charge on any atom is 0.246 e. The van der Waals surface area contributed by atoms with Gasteiger partial charge in [0.25, 0.3) is 0 Å². The molecular weight excluding hydrogens is 314 g/mol. The minimum atomic E-state index is -3.53. The van der Waals surface area contributed by atoms with Crippen LogP contribution in [0.2, 0.25) is 0 Å². The first kappa shape index (κ1) is 15.0. The van der Waals surface area contributed by atoms with E-state index in [0.29, 0.717) is 18.4 Å². The van der Waals surface area contributed by atoms with Crippen LogP contribution in [-0.2, 0) is 23.6 Å². The monoisotopic (exact) mass is 335 g/mol. The number of hydrogen-bond donors (Lipinski definition) is 0. The lowest BCUT2D eigenvalue weighted by Crippen LogP contribution is -2.32. The average molecular weight is 335 g/mol. The molecule has 4 rings (SSSR count). The highest BCUT2D eigenvalue weighted by Gasteiger charge is 2.40. The van der Waals surface area contributed by atoms with Crippen LogP contribution in [0.5, 0.6) is 0 Å². The first-order valence-electron chi connectivity index (χ1n) is 8.04. The molecule has 2 aromatic rings. The van der Waals surface area contributed by atoms with Crippen molar-refractivity contribution in [3.05, 3.63) is 36.0 Å². The Bertz CT molecular complexity index is 819. The molecule has 0 spiro atoms. The molecule has 2 aliphatic carbocycles. The van der Waals surface area contributed by atoms with Crippen LogP contribution in [0.15, 0.2) is 33.8 Å². The molecular formula is C16H21N3O3S. The fraction of sp³-hybridized carbons (Fsp3) is 0.562. The van der Waals surface area contributed by atoms with Crippen LogP contribution in [0.3, 0.4) is 0 Å². The number of aromatic nitrogens is 2. The van der Waals surface area contributed by atoms with Gasteiger partial charge in [0.2, 0.25) is 10.0 Å². The van der Waals surface area contributed by atoms with E-state index in [1.807, 2.05) is 12.1 Å². The van der Waals surface area contributed by atoms with Crippen molar-refractivity contribution in [1.29, 1.82) is 0 Å². The fourth-order valence-electron chi connectivity index (χ4n) is 2.99. The van der Waals surface area contributed by atoms with E-state index < -0.39 is 10.0 Å². The van der Waals surface area contributed by atoms with Crippen molar-refractivity contribution in [2.45, 2.75) is 49.6 Å². The van der Waals surface area contributed by atoms with Crippen LogP contribution >= 0.6 is 0 Å². The molecule has 0 saturated heterocycles. The van der Waals surface area contributed by atoms with Gasteiger partial charge in [-0.15, -0.1) is 0 Å². The molecule has 0 amide bonds. The van der Waals surface area contributed by atoms with Crippen LogP contribution in [0.4, 0.5) is 0 Å². The normalized spacial score (nSPS) is 24.3. The van der Waals surface area contributed by atoms with E-state index in [1.165, 1.54) is 10.9 Å². The van der Waals surface area contributed by atoms with Gasteiger partial charge in [-0.2, -0.15) is 9.40 Å². The molecule has 0 unspecified atom stereocenters. The largest absolute Gasteiger partial charge is 0.464 e. The molecule has 0 radical (unpaired) electrons. The molecule has 2 aliphatic rings. The molecule has 0 aliphatic heterocycles. The standard InChI is InChI=1S/C16H21N3O3S/c1-11-7-15(11)16-6-5-13(22-16)9-19(12-3-4-12)23(20,21)14-8-17-18(2)10-14/h5-6,8,10-12,15H,3-4,7,9H2,1-2H3/t11-,15-/m0/s1. The predicted molar refractivity (Wildman–Crippen MR) is 84.2 cm³/mol. The number of sulfonamides is 1. The zero-order valence-corrected chi connectivity index (χ0v) is 14.2. The van der Waals surface area contributed by atoms with Crippen LogP contribution in [0.25, 0.3) is 0 Å². The Balaban J connectivity index is 1.57. The van der Waals surface area contributed by atoms with Crippen molar-refractivity contribution in [2.24, 2.45) is 13.0 Å². The maximum absolute atomic E-state index is 12.9. The summed E-state index contributed by atoms with van der Waals surface area (Å²) in [7, 11) is -1.81. The van der Waals surface area contributed by atoms with Gasteiger partial charge in [0.05, 0.1) is 12.7 Å². The van der Waals surface area contributed by atoms with Gasteiger partial charge < -0.3 is 4.42 Å². The average Bonchev–Trinajstić information content (AvgIpc) is 3.37. The van der Waals surface area contributed by atoms with Crippen LogP contribution in [0, 0.1) is 5.92 Å². The quantitative estimate of drug-likeness (QED) is 0.813. The summed E-state index contributed by atoms with van der Waals surface area (Å²) < 4.78 is 34.7. The smallest absolute Gasteiger partial charge is 0.246 e. The van der Waals surface area contributed by atoms with E-state index in [2.05, 4.69) is 12.0 Å². The molecule has 6 nitrogen and oxygen atoms in total. The van der Waals surface area contributed by atoms with Gasteiger partial charge in [0, 0.05) is 25.2 Å². The molecule has 124 valence electrons. The number of nitrogens with zero attached hydrogens (tertiary/aromatic N) is 3. The second-order valence-corrected chi connectivity index (χ2v) is 8.65. The van der Waals surface area contributed by atoms with Gasteiger partial charge in [-0.25, -0.2) is 8.42 Å². The molecule has 23 heavy (non-hydrogen) atoms. The third kappa shape index (κ3) is 2.83. The first-order valence-corrected chi connectivity index (χ1v) is 9.48. The number of furan rings is 1. The zero-order valence-electron chi connectivity index (χ0n) is 13.3. The minimum absolute atomic E-state index is 0.0774. The predicted octanol–water partition coefficient (Wildman–Crippen LogP) is 2.49. The van der Waals surface area contributed by atoms with Crippen molar-refractivity contribution >= 4 is 10.0 Å². The summed E-state index contributed by atoms with van der Waals surface area (Å²) in [4.78, 5) is 0.245. The number of hydrogen-bond acceptors (Lipinski definition) is 4. The first-order chi connectivity index (χ1) is 10.9. The lowest BCUT2D eigenvalue weighted by atomic mass is 10.3. The zero-order chi connectivity index (χ0) is 16.2. The molecule has 2 aromatic heterocycles. The Morgan fingerprint density at radius 3 is 2.70 bits per heavy atom. The highest BCUT2D eigenvalue weighted by Crippen LogP contribution is 2.47. The van der Waals surface area contributed by atoms with Crippen molar-refractivity contribution in [2.75, 3.05) is 0 Å². The van der Waals surface area contributed by atoms with Crippen LogP contribution in [-0.4, -0.2) is 28.5 Å². The summed E-state index contributed by atoms with van der Waals surface area (Å²) in [5.74, 6) is 2.89. The summed E-state index contributed by atoms with van der Waals surface area (Å²) in [5, 5.41) is 3.98. The van der Waals surface area contributed by atoms with Gasteiger partial charge in [0.15, 0.2) is 0 Å². The Hall–Kier alpha value is -1.60. The molecule has 2 fully saturated rings. The highest BCUT2D eigenvalue weighted by atomic mass is 32.2. The number of aryl methyl sites for hydroxylation is 1.